The van der Waals surface area contributed by atoms with Gasteiger partial charge in [0, 0.05) is 6.54 Å². The highest BCUT2D eigenvalue weighted by atomic mass is 16.4. The molecule has 2 unspecified atom stereocenters. The van der Waals surface area contributed by atoms with E-state index in [2.05, 4.69) is 6.58 Å². The number of benzene rings is 1. The number of carbonyl (C=O) groups excluding carboxylic acids is 1. The maximum Gasteiger partial charge on any atom is 0.331 e. The predicted molar refractivity (Wildman–Crippen MR) is 75.0 cm³/mol. The summed E-state index contributed by atoms with van der Waals surface area (Å²) in [6.45, 7) is 3.92. The third-order valence-electron chi connectivity index (χ3n) is 3.54. The van der Waals surface area contributed by atoms with Crippen LogP contribution in [0.4, 0.5) is 0 Å². The zero-order chi connectivity index (χ0) is 14.7. The van der Waals surface area contributed by atoms with Gasteiger partial charge in [-0.2, -0.15) is 0 Å². The van der Waals surface area contributed by atoms with E-state index in [0.29, 0.717) is 24.9 Å². The minimum atomic E-state index is -1.03. The van der Waals surface area contributed by atoms with Crippen LogP contribution in [0.3, 0.4) is 0 Å². The van der Waals surface area contributed by atoms with Crippen molar-refractivity contribution < 1.29 is 14.7 Å². The van der Waals surface area contributed by atoms with Gasteiger partial charge in [-0.1, -0.05) is 30.3 Å². The number of aliphatic carboxylic acids is 1. The lowest BCUT2D eigenvalue weighted by Crippen LogP contribution is -2.50. The van der Waals surface area contributed by atoms with Crippen LogP contribution in [-0.2, 0) is 16.0 Å². The highest BCUT2D eigenvalue weighted by molar-refractivity contribution is 5.88. The number of carbonyl (C=O) groups is 2. The summed E-state index contributed by atoms with van der Waals surface area (Å²) in [5.41, 5.74) is 7.43. The fourth-order valence-electron chi connectivity index (χ4n) is 2.56. The molecule has 1 aliphatic heterocycles. The van der Waals surface area contributed by atoms with Crippen LogP contribution < -0.4 is 5.73 Å². The van der Waals surface area contributed by atoms with Gasteiger partial charge in [0.1, 0.15) is 0 Å². The summed E-state index contributed by atoms with van der Waals surface area (Å²) in [5, 5.41) is 9.46. The summed E-state index contributed by atoms with van der Waals surface area (Å²) >= 11 is 0. The number of nitrogens with two attached hydrogens (primary N) is 1. The molecular weight excluding hydrogens is 256 g/mol. The van der Waals surface area contributed by atoms with Crippen molar-refractivity contribution in [1.29, 1.82) is 0 Å². The molecule has 0 aliphatic carbocycles. The molecule has 5 nitrogen and oxygen atoms in total. The van der Waals surface area contributed by atoms with Gasteiger partial charge in [0.2, 0.25) is 5.91 Å². The zero-order valence-electron chi connectivity index (χ0n) is 11.2. The van der Waals surface area contributed by atoms with E-state index in [0.717, 1.165) is 5.56 Å². The maximum atomic E-state index is 12.3. The van der Waals surface area contributed by atoms with Gasteiger partial charge in [0.25, 0.3) is 0 Å². The van der Waals surface area contributed by atoms with Crippen LogP contribution in [0.5, 0.6) is 0 Å². The molecule has 1 aromatic rings. The first-order chi connectivity index (χ1) is 9.56. The Morgan fingerprint density at radius 3 is 2.85 bits per heavy atom. The van der Waals surface area contributed by atoms with Crippen LogP contribution in [0.15, 0.2) is 36.9 Å². The topological polar surface area (TPSA) is 83.6 Å². The third kappa shape index (κ3) is 2.58. The number of fused-ring (bicyclic) bond motifs is 1. The second-order valence-corrected chi connectivity index (χ2v) is 4.85. The lowest BCUT2D eigenvalue weighted by molar-refractivity contribution is -0.151. The molecule has 3 N–H and O–H groups in total. The molecule has 0 saturated heterocycles. The van der Waals surface area contributed by atoms with Crippen molar-refractivity contribution in [3.8, 4) is 0 Å². The highest BCUT2D eigenvalue weighted by Gasteiger charge is 2.37. The monoisotopic (exact) mass is 274 g/mol. The molecule has 2 rings (SSSR count). The molecule has 1 aliphatic rings. The molecule has 0 bridgehead atoms. The van der Waals surface area contributed by atoms with E-state index in [9.17, 15) is 14.7 Å². The molecule has 2 atom stereocenters. The van der Waals surface area contributed by atoms with E-state index in [4.69, 9.17) is 5.73 Å². The van der Waals surface area contributed by atoms with Crippen LogP contribution >= 0.6 is 0 Å². The summed E-state index contributed by atoms with van der Waals surface area (Å²) in [7, 11) is 0. The normalized spacial score (nSPS) is 19.1. The first-order valence-electron chi connectivity index (χ1n) is 6.53. The number of nitrogens with zero attached hydrogens (tertiary/aromatic N) is 1. The summed E-state index contributed by atoms with van der Waals surface area (Å²) < 4.78 is 0. The highest BCUT2D eigenvalue weighted by Crippen LogP contribution is 2.30. The lowest BCUT2D eigenvalue weighted by atomic mass is 9.92. The lowest BCUT2D eigenvalue weighted by Gasteiger charge is -2.36. The Balaban J connectivity index is 2.33. The molecular formula is C15H18N2O3. The van der Waals surface area contributed by atoms with Gasteiger partial charge in [-0.25, -0.2) is 4.79 Å². The van der Waals surface area contributed by atoms with Crippen molar-refractivity contribution in [3.05, 3.63) is 48.0 Å². The van der Waals surface area contributed by atoms with Gasteiger partial charge in [-0.3, -0.25) is 4.79 Å². The Hall–Kier alpha value is -2.14. The van der Waals surface area contributed by atoms with Gasteiger partial charge in [-0.05, 0) is 24.0 Å². The molecule has 0 saturated carbocycles. The number of hydrogen-bond donors (Lipinski definition) is 2. The van der Waals surface area contributed by atoms with Crippen LogP contribution in [0.1, 0.15) is 23.6 Å². The predicted octanol–water partition coefficient (Wildman–Crippen LogP) is 1.10. The number of carboxylic acids is 1. The van der Waals surface area contributed by atoms with E-state index >= 15 is 0 Å². The first-order valence-corrected chi connectivity index (χ1v) is 6.53. The number of amides is 1. The second kappa shape index (κ2) is 5.88. The second-order valence-electron chi connectivity index (χ2n) is 4.85. The molecule has 1 heterocycles. The van der Waals surface area contributed by atoms with Crippen molar-refractivity contribution in [1.82, 2.24) is 4.90 Å². The fraction of sp³-hybridized carbons (Fsp3) is 0.333. The number of hydrogen-bond acceptors (Lipinski definition) is 3. The molecule has 0 aromatic heterocycles. The molecule has 106 valence electrons. The van der Waals surface area contributed by atoms with E-state index in [1.165, 1.54) is 4.90 Å². The van der Waals surface area contributed by atoms with Crippen LogP contribution in [0.25, 0.3) is 0 Å². The average molecular weight is 274 g/mol. The van der Waals surface area contributed by atoms with Gasteiger partial charge in [0.05, 0.1) is 6.04 Å². The molecule has 0 spiro atoms. The van der Waals surface area contributed by atoms with Crippen molar-refractivity contribution in [2.24, 2.45) is 5.73 Å². The van der Waals surface area contributed by atoms with Crippen molar-refractivity contribution in [3.63, 3.8) is 0 Å². The van der Waals surface area contributed by atoms with Gasteiger partial charge < -0.3 is 15.7 Å². The van der Waals surface area contributed by atoms with E-state index in [1.54, 1.807) is 18.2 Å². The Bertz CT molecular complexity index is 542. The third-order valence-corrected chi connectivity index (χ3v) is 3.54. The van der Waals surface area contributed by atoms with Gasteiger partial charge in [0.15, 0.2) is 6.04 Å². The first kappa shape index (κ1) is 14.3. The number of rotatable bonds is 4. The zero-order valence-corrected chi connectivity index (χ0v) is 11.2. The minimum Gasteiger partial charge on any atom is -0.479 e. The average Bonchev–Trinajstić information content (AvgIpc) is 2.45. The maximum absolute atomic E-state index is 12.3. The van der Waals surface area contributed by atoms with Crippen LogP contribution in [0, 0.1) is 0 Å². The SMILES string of the molecule is C=CCC(N)C(=O)N1CCc2ccccc2C1C(=O)O. The smallest absolute Gasteiger partial charge is 0.331 e. The Labute approximate surface area is 117 Å². The Morgan fingerprint density at radius 2 is 2.20 bits per heavy atom. The van der Waals surface area contributed by atoms with Crippen LogP contribution in [0.2, 0.25) is 0 Å². The minimum absolute atomic E-state index is 0.337. The quantitative estimate of drug-likeness (QED) is 0.805. The molecule has 0 radical (unpaired) electrons. The molecule has 1 amide bonds. The van der Waals surface area contributed by atoms with Crippen molar-refractivity contribution >= 4 is 11.9 Å². The van der Waals surface area contributed by atoms with E-state index in [1.807, 2.05) is 12.1 Å². The summed E-state index contributed by atoms with van der Waals surface area (Å²) in [4.78, 5) is 25.2. The molecule has 1 aromatic carbocycles. The Morgan fingerprint density at radius 1 is 1.50 bits per heavy atom. The summed E-state index contributed by atoms with van der Waals surface area (Å²) in [6, 6.07) is 5.62. The summed E-state index contributed by atoms with van der Waals surface area (Å²) in [5.74, 6) is -1.37. The van der Waals surface area contributed by atoms with Gasteiger partial charge >= 0.3 is 5.97 Å². The fourth-order valence-corrected chi connectivity index (χ4v) is 2.56. The molecule has 0 fully saturated rings. The van der Waals surface area contributed by atoms with Gasteiger partial charge in [-0.15, -0.1) is 6.58 Å². The molecule has 5 heteroatoms. The standard InChI is InChI=1S/C15H18N2O3/c1-2-5-12(16)14(18)17-9-8-10-6-3-4-7-11(10)13(17)15(19)20/h2-4,6-7,12-13H,1,5,8-9,16H2,(H,19,20). The van der Waals surface area contributed by atoms with E-state index < -0.39 is 18.1 Å². The van der Waals surface area contributed by atoms with Crippen LogP contribution in [-0.4, -0.2) is 34.5 Å². The Kier molecular flexibility index (Phi) is 4.20. The molecule has 20 heavy (non-hydrogen) atoms. The van der Waals surface area contributed by atoms with Crippen molar-refractivity contribution in [2.75, 3.05) is 6.54 Å². The van der Waals surface area contributed by atoms with E-state index in [-0.39, 0.29) is 5.91 Å². The number of carboxylic acid groups (broad SMARTS) is 1. The summed E-state index contributed by atoms with van der Waals surface area (Å²) in [6.07, 6.45) is 2.55. The van der Waals surface area contributed by atoms with Crippen molar-refractivity contribution in [2.45, 2.75) is 24.9 Å². The largest absolute Gasteiger partial charge is 0.479 e.